The van der Waals surface area contributed by atoms with E-state index in [9.17, 15) is 9.18 Å². The van der Waals surface area contributed by atoms with Crippen molar-refractivity contribution in [1.82, 2.24) is 9.97 Å². The van der Waals surface area contributed by atoms with Gasteiger partial charge in [0.1, 0.15) is 5.52 Å². The molecule has 2 aromatic heterocycles. The number of nitrogens with one attached hydrogen (secondary N) is 1. The smallest absolute Gasteiger partial charge is 0.356 e. The zero-order valence-electron chi connectivity index (χ0n) is 7.67. The van der Waals surface area contributed by atoms with Gasteiger partial charge in [0, 0.05) is 6.20 Å². The molecule has 0 aliphatic rings. The van der Waals surface area contributed by atoms with Crippen molar-refractivity contribution in [2.75, 3.05) is 7.11 Å². The van der Waals surface area contributed by atoms with E-state index < -0.39 is 11.8 Å². The summed E-state index contributed by atoms with van der Waals surface area (Å²) in [5, 5.41) is 0.226. The van der Waals surface area contributed by atoms with Gasteiger partial charge in [-0.25, -0.2) is 14.2 Å². The number of rotatable bonds is 1. The second-order valence-corrected chi connectivity index (χ2v) is 3.25. The SMILES string of the molecule is COC(=O)c1cc(Cl)c2[nH]cc(F)c2n1. The van der Waals surface area contributed by atoms with Gasteiger partial charge in [0.15, 0.2) is 11.5 Å². The lowest BCUT2D eigenvalue weighted by molar-refractivity contribution is 0.0594. The first-order valence-corrected chi connectivity index (χ1v) is 4.42. The van der Waals surface area contributed by atoms with Crippen molar-refractivity contribution in [3.8, 4) is 0 Å². The average molecular weight is 229 g/mol. The van der Waals surface area contributed by atoms with Crippen LogP contribution in [0, 0.1) is 5.82 Å². The predicted molar refractivity (Wildman–Crippen MR) is 52.4 cm³/mol. The van der Waals surface area contributed by atoms with Crippen LogP contribution in [0.25, 0.3) is 11.0 Å². The van der Waals surface area contributed by atoms with Gasteiger partial charge in [0.25, 0.3) is 0 Å². The Balaban J connectivity index is 2.70. The highest BCUT2D eigenvalue weighted by molar-refractivity contribution is 6.35. The number of nitrogens with zero attached hydrogens (tertiary/aromatic N) is 1. The number of fused-ring (bicyclic) bond motifs is 1. The maximum absolute atomic E-state index is 13.2. The minimum atomic E-state index is -0.653. The normalized spacial score (nSPS) is 10.6. The van der Waals surface area contributed by atoms with Crippen LogP contribution in [0.5, 0.6) is 0 Å². The Morgan fingerprint density at radius 1 is 1.67 bits per heavy atom. The number of carbonyl (C=O) groups is 1. The Labute approximate surface area is 89.0 Å². The fourth-order valence-corrected chi connectivity index (χ4v) is 1.48. The summed E-state index contributed by atoms with van der Waals surface area (Å²) >= 11 is 5.83. The molecule has 0 radical (unpaired) electrons. The van der Waals surface area contributed by atoms with Crippen LogP contribution in [-0.4, -0.2) is 23.0 Å². The van der Waals surface area contributed by atoms with Crippen LogP contribution >= 0.6 is 11.6 Å². The van der Waals surface area contributed by atoms with E-state index in [0.29, 0.717) is 5.52 Å². The van der Waals surface area contributed by atoms with E-state index in [1.807, 2.05) is 0 Å². The molecule has 2 aromatic rings. The first-order chi connectivity index (χ1) is 7.13. The van der Waals surface area contributed by atoms with Crippen LogP contribution in [-0.2, 0) is 4.74 Å². The van der Waals surface area contributed by atoms with Gasteiger partial charge in [-0.3, -0.25) is 0 Å². The summed E-state index contributed by atoms with van der Waals surface area (Å²) in [4.78, 5) is 17.6. The van der Waals surface area contributed by atoms with Gasteiger partial charge in [-0.15, -0.1) is 0 Å². The number of H-pyrrole nitrogens is 1. The van der Waals surface area contributed by atoms with Crippen molar-refractivity contribution in [3.63, 3.8) is 0 Å². The van der Waals surface area contributed by atoms with Crippen molar-refractivity contribution in [2.45, 2.75) is 0 Å². The minimum Gasteiger partial charge on any atom is -0.464 e. The van der Waals surface area contributed by atoms with Gasteiger partial charge in [-0.1, -0.05) is 11.6 Å². The molecule has 4 nitrogen and oxygen atoms in total. The van der Waals surface area contributed by atoms with Crippen molar-refractivity contribution >= 4 is 28.6 Å². The Kier molecular flexibility index (Phi) is 2.32. The molecule has 0 aliphatic heterocycles. The molecule has 1 N–H and O–H groups in total. The number of hydrogen-bond donors (Lipinski definition) is 1. The third kappa shape index (κ3) is 1.55. The van der Waals surface area contributed by atoms with Crippen LogP contribution in [0.1, 0.15) is 10.5 Å². The zero-order chi connectivity index (χ0) is 11.0. The van der Waals surface area contributed by atoms with E-state index in [4.69, 9.17) is 11.6 Å². The number of carbonyl (C=O) groups excluding carboxylic acids is 1. The van der Waals surface area contributed by atoms with Crippen LogP contribution in [0.2, 0.25) is 5.02 Å². The van der Waals surface area contributed by atoms with Crippen molar-refractivity contribution in [2.24, 2.45) is 0 Å². The van der Waals surface area contributed by atoms with E-state index in [1.54, 1.807) is 0 Å². The lowest BCUT2D eigenvalue weighted by Gasteiger charge is -2.00. The Morgan fingerprint density at radius 2 is 2.40 bits per heavy atom. The lowest BCUT2D eigenvalue weighted by Crippen LogP contribution is -2.04. The molecule has 2 rings (SSSR count). The Hall–Kier alpha value is -1.62. The first-order valence-electron chi connectivity index (χ1n) is 4.05. The van der Waals surface area contributed by atoms with E-state index in [1.165, 1.54) is 13.2 Å². The summed E-state index contributed by atoms with van der Waals surface area (Å²) in [6.07, 6.45) is 1.13. The standard InChI is InChI=1S/C9H6ClFN2O2/c1-15-9(14)6-2-4(10)7-8(13-6)5(11)3-12-7/h2-3,12H,1H3. The zero-order valence-corrected chi connectivity index (χ0v) is 8.43. The molecule has 2 heterocycles. The van der Waals surface area contributed by atoms with Gasteiger partial charge in [0.05, 0.1) is 17.6 Å². The van der Waals surface area contributed by atoms with Crippen molar-refractivity contribution in [3.05, 3.63) is 28.8 Å². The molecular formula is C9H6ClFN2O2. The quantitative estimate of drug-likeness (QED) is 0.761. The van der Waals surface area contributed by atoms with E-state index in [-0.39, 0.29) is 16.2 Å². The molecule has 0 saturated heterocycles. The number of methoxy groups -OCH3 is 1. The molecule has 0 bridgehead atoms. The molecule has 15 heavy (non-hydrogen) atoms. The maximum atomic E-state index is 13.2. The summed E-state index contributed by atoms with van der Waals surface area (Å²) in [6, 6.07) is 1.33. The predicted octanol–water partition coefficient (Wildman–Crippen LogP) is 2.14. The van der Waals surface area contributed by atoms with Gasteiger partial charge >= 0.3 is 5.97 Å². The Morgan fingerprint density at radius 3 is 3.07 bits per heavy atom. The van der Waals surface area contributed by atoms with Crippen molar-refractivity contribution < 1.29 is 13.9 Å². The van der Waals surface area contributed by atoms with Crippen molar-refractivity contribution in [1.29, 1.82) is 0 Å². The van der Waals surface area contributed by atoms with Gasteiger partial charge in [-0.05, 0) is 6.07 Å². The number of esters is 1. The summed E-state index contributed by atoms with van der Waals surface area (Å²) < 4.78 is 17.6. The summed E-state index contributed by atoms with van der Waals surface area (Å²) in [5.74, 6) is -1.21. The number of aromatic amines is 1. The number of hydrogen-bond acceptors (Lipinski definition) is 3. The molecule has 6 heteroatoms. The second-order valence-electron chi connectivity index (χ2n) is 2.84. The van der Waals surface area contributed by atoms with E-state index in [2.05, 4.69) is 14.7 Å². The fourth-order valence-electron chi connectivity index (χ4n) is 1.24. The highest BCUT2D eigenvalue weighted by atomic mass is 35.5. The highest BCUT2D eigenvalue weighted by Gasteiger charge is 2.14. The molecule has 0 aromatic carbocycles. The molecule has 78 valence electrons. The van der Waals surface area contributed by atoms with Gasteiger partial charge in [0.2, 0.25) is 0 Å². The molecule has 0 spiro atoms. The molecule has 0 saturated carbocycles. The molecule has 0 amide bonds. The van der Waals surface area contributed by atoms with Crippen LogP contribution in [0.15, 0.2) is 12.3 Å². The monoisotopic (exact) mass is 228 g/mol. The molecule has 0 atom stereocenters. The number of pyridine rings is 1. The summed E-state index contributed by atoms with van der Waals surface area (Å²) in [6.45, 7) is 0. The number of halogens is 2. The molecular weight excluding hydrogens is 223 g/mol. The van der Waals surface area contributed by atoms with Crippen LogP contribution in [0.3, 0.4) is 0 Å². The number of aromatic nitrogens is 2. The maximum Gasteiger partial charge on any atom is 0.356 e. The Bertz CT molecular complexity index is 538. The van der Waals surface area contributed by atoms with E-state index in [0.717, 1.165) is 6.20 Å². The third-order valence-electron chi connectivity index (χ3n) is 1.94. The van der Waals surface area contributed by atoms with E-state index >= 15 is 0 Å². The van der Waals surface area contributed by atoms with Crippen LogP contribution < -0.4 is 0 Å². The average Bonchev–Trinajstić information content (AvgIpc) is 2.60. The molecule has 0 aliphatic carbocycles. The highest BCUT2D eigenvalue weighted by Crippen LogP contribution is 2.24. The second kappa shape index (κ2) is 3.51. The third-order valence-corrected chi connectivity index (χ3v) is 2.23. The first kappa shape index (κ1) is 9.92. The van der Waals surface area contributed by atoms with Crippen LogP contribution in [0.4, 0.5) is 4.39 Å². The molecule has 0 fully saturated rings. The molecule has 0 unspecified atom stereocenters. The fraction of sp³-hybridized carbons (Fsp3) is 0.111. The van der Waals surface area contributed by atoms with Gasteiger partial charge < -0.3 is 9.72 Å². The summed E-state index contributed by atoms with van der Waals surface area (Å²) in [5.41, 5.74) is 0.373. The number of ether oxygens (including phenoxy) is 1. The summed E-state index contributed by atoms with van der Waals surface area (Å²) in [7, 11) is 1.22. The minimum absolute atomic E-state index is 0.0199. The lowest BCUT2D eigenvalue weighted by atomic mass is 10.3. The largest absolute Gasteiger partial charge is 0.464 e. The van der Waals surface area contributed by atoms with Gasteiger partial charge in [-0.2, -0.15) is 0 Å². The topological polar surface area (TPSA) is 55.0 Å².